The topological polar surface area (TPSA) is 82.5 Å². The van der Waals surface area contributed by atoms with Crippen LogP contribution in [0.15, 0.2) is 10.9 Å². The Labute approximate surface area is 108 Å². The van der Waals surface area contributed by atoms with Gasteiger partial charge >= 0.3 is 71.4 Å². The van der Waals surface area contributed by atoms with Gasteiger partial charge in [-0.15, -0.1) is 0 Å². The second-order valence-corrected chi connectivity index (χ2v) is 4.47. The maximum atomic E-state index is 10.8. The van der Waals surface area contributed by atoms with E-state index in [-0.39, 0.29) is 5.56 Å². The van der Waals surface area contributed by atoms with Crippen LogP contribution < -0.4 is 15.5 Å². The number of H-pyrrole nitrogens is 1. The van der Waals surface area contributed by atoms with Crippen LogP contribution in [0.25, 0.3) is 0 Å². The number of aromatic nitrogens is 1. The molecule has 5 nitrogen and oxygen atoms in total. The fourth-order valence-corrected chi connectivity index (χ4v) is 2.02. The zero-order chi connectivity index (χ0) is 12.7. The van der Waals surface area contributed by atoms with Crippen molar-refractivity contribution in [2.24, 2.45) is 0 Å². The van der Waals surface area contributed by atoms with Gasteiger partial charge in [-0.25, -0.2) is 0 Å². The number of hydrogen-bond acceptors (Lipinski definition) is 3. The maximum absolute atomic E-state index is 10.8. The Kier molecular flexibility index (Phi) is 5.95. The van der Waals surface area contributed by atoms with Crippen molar-refractivity contribution in [3.63, 3.8) is 0 Å². The molecular formula is C11H15N3O2Se. The van der Waals surface area contributed by atoms with Crippen molar-refractivity contribution in [2.75, 3.05) is 26.3 Å². The van der Waals surface area contributed by atoms with E-state index in [1.807, 2.05) is 6.07 Å². The molecule has 0 aliphatic carbocycles. The molecule has 2 rings (SSSR count). The SMILES string of the molecule is C1COCC[NH2+]1.Cc1cc(=O)[nH]c([Se-])c1C#N. The number of nitrogens with two attached hydrogens (primary N) is 1. The first-order valence-corrected chi connectivity index (χ1v) is 6.21. The van der Waals surface area contributed by atoms with Crippen molar-refractivity contribution in [3.8, 4) is 6.07 Å². The van der Waals surface area contributed by atoms with Crippen molar-refractivity contribution in [2.45, 2.75) is 6.92 Å². The Balaban J connectivity index is 0.000000202. The van der Waals surface area contributed by atoms with E-state index < -0.39 is 0 Å². The van der Waals surface area contributed by atoms with Gasteiger partial charge in [-0.05, 0) is 0 Å². The number of nitriles is 1. The Hall–Kier alpha value is -1.12. The standard InChI is InChI=1S/C7H6N2OSe.C4H9NO/c1-4-2-6(10)9-7(11)5(4)3-8;1-3-6-4-2-5-1/h2H,1H3,(H2,9,10,11);5H,1-4H2. The second-order valence-electron chi connectivity index (χ2n) is 3.61. The molecule has 1 aliphatic heterocycles. The number of pyridine rings is 1. The third kappa shape index (κ3) is 4.72. The molecule has 0 radical (unpaired) electrons. The zero-order valence-electron chi connectivity index (χ0n) is 9.66. The summed E-state index contributed by atoms with van der Waals surface area (Å²) in [5, 5.41) is 10.9. The number of rotatable bonds is 0. The number of nitrogens with zero attached hydrogens (tertiary/aromatic N) is 1. The molecule has 0 saturated carbocycles. The van der Waals surface area contributed by atoms with E-state index in [0.29, 0.717) is 15.7 Å². The van der Waals surface area contributed by atoms with Crippen molar-refractivity contribution < 1.29 is 10.1 Å². The van der Waals surface area contributed by atoms with Gasteiger partial charge in [0, 0.05) is 0 Å². The molecular weight excluding hydrogens is 285 g/mol. The van der Waals surface area contributed by atoms with Crippen LogP contribution in [-0.2, 0) is 4.74 Å². The van der Waals surface area contributed by atoms with Crippen LogP contribution >= 0.6 is 0 Å². The van der Waals surface area contributed by atoms with Crippen LogP contribution in [0, 0.1) is 18.3 Å². The zero-order valence-corrected chi connectivity index (χ0v) is 11.4. The van der Waals surface area contributed by atoms with Gasteiger partial charge in [-0.2, -0.15) is 0 Å². The van der Waals surface area contributed by atoms with Gasteiger partial charge in [0.2, 0.25) is 0 Å². The molecule has 0 amide bonds. The van der Waals surface area contributed by atoms with Gasteiger partial charge in [-0.3, -0.25) is 0 Å². The normalized spacial score (nSPS) is 14.4. The Morgan fingerprint density at radius 2 is 2.18 bits per heavy atom. The second kappa shape index (κ2) is 7.25. The number of morpholine rings is 1. The van der Waals surface area contributed by atoms with E-state index in [0.717, 1.165) is 26.3 Å². The van der Waals surface area contributed by atoms with Crippen molar-refractivity contribution in [3.05, 3.63) is 27.5 Å². The molecule has 0 atom stereocenters. The number of ether oxygens (including phenoxy) is 1. The minimum atomic E-state index is -0.185. The van der Waals surface area contributed by atoms with Crippen LogP contribution in [0.3, 0.4) is 0 Å². The first kappa shape index (κ1) is 13.9. The van der Waals surface area contributed by atoms with Crippen LogP contribution in [0.1, 0.15) is 11.1 Å². The van der Waals surface area contributed by atoms with Crippen LogP contribution in [0.5, 0.6) is 0 Å². The van der Waals surface area contributed by atoms with Crippen molar-refractivity contribution >= 4 is 20.6 Å². The van der Waals surface area contributed by atoms with Gasteiger partial charge in [-0.1, -0.05) is 0 Å². The first-order chi connectivity index (χ1) is 8.15. The van der Waals surface area contributed by atoms with E-state index in [9.17, 15) is 4.79 Å². The average molecular weight is 300 g/mol. The van der Waals surface area contributed by atoms with E-state index in [1.54, 1.807) is 6.92 Å². The predicted molar refractivity (Wildman–Crippen MR) is 64.4 cm³/mol. The molecule has 6 heteroatoms. The number of aromatic amines is 1. The van der Waals surface area contributed by atoms with E-state index in [2.05, 4.69) is 26.3 Å². The average Bonchev–Trinajstić information content (AvgIpc) is 2.31. The Morgan fingerprint density at radius 1 is 1.53 bits per heavy atom. The summed E-state index contributed by atoms with van der Waals surface area (Å²) in [5.41, 5.74) is 1.02. The number of hydrogen-bond donors (Lipinski definition) is 2. The van der Waals surface area contributed by atoms with Gasteiger partial charge in [0.25, 0.3) is 0 Å². The summed E-state index contributed by atoms with van der Waals surface area (Å²) in [6, 6.07) is 3.39. The third-order valence-electron chi connectivity index (χ3n) is 2.25. The van der Waals surface area contributed by atoms with Gasteiger partial charge in [0.15, 0.2) is 0 Å². The predicted octanol–water partition coefficient (Wildman–Crippen LogP) is -2.07. The number of quaternary nitrogens is 1. The minimum absolute atomic E-state index is 0.185. The molecule has 0 bridgehead atoms. The molecule has 1 aromatic rings. The summed E-state index contributed by atoms with van der Waals surface area (Å²) in [7, 11) is 0. The summed E-state index contributed by atoms with van der Waals surface area (Å²) >= 11 is 2.63. The monoisotopic (exact) mass is 301 g/mol. The Bertz CT molecular complexity index is 423. The molecule has 1 aromatic heterocycles. The van der Waals surface area contributed by atoms with Crippen LogP contribution in [0.2, 0.25) is 0 Å². The van der Waals surface area contributed by atoms with E-state index in [4.69, 9.17) is 10.00 Å². The molecule has 92 valence electrons. The van der Waals surface area contributed by atoms with Gasteiger partial charge in [0.1, 0.15) is 0 Å². The molecule has 1 fully saturated rings. The molecule has 0 aromatic carbocycles. The molecule has 1 saturated heterocycles. The van der Waals surface area contributed by atoms with E-state index in [1.165, 1.54) is 6.07 Å². The molecule has 3 N–H and O–H groups in total. The Morgan fingerprint density at radius 3 is 2.53 bits per heavy atom. The number of nitrogens with one attached hydrogen (secondary N) is 1. The summed E-state index contributed by atoms with van der Waals surface area (Å²) in [6.45, 7) is 5.93. The number of aryl methyl sites for hydroxylation is 1. The van der Waals surface area contributed by atoms with Crippen molar-refractivity contribution in [1.82, 2.24) is 4.98 Å². The van der Waals surface area contributed by atoms with E-state index >= 15 is 0 Å². The van der Waals surface area contributed by atoms with Gasteiger partial charge in [0.05, 0.1) is 26.3 Å². The summed E-state index contributed by atoms with van der Waals surface area (Å²) in [6.07, 6.45) is 0. The van der Waals surface area contributed by atoms with Gasteiger partial charge < -0.3 is 10.1 Å². The first-order valence-electron chi connectivity index (χ1n) is 5.35. The summed E-state index contributed by atoms with van der Waals surface area (Å²) < 4.78 is 5.55. The molecule has 1 aliphatic rings. The molecule has 0 spiro atoms. The quantitative estimate of drug-likeness (QED) is 0.540. The van der Waals surface area contributed by atoms with Crippen LogP contribution in [0.4, 0.5) is 0 Å². The van der Waals surface area contributed by atoms with Crippen LogP contribution in [-0.4, -0.2) is 47.3 Å². The fourth-order valence-electron chi connectivity index (χ4n) is 1.38. The molecule has 2 heterocycles. The summed E-state index contributed by atoms with van der Waals surface area (Å²) in [5.74, 6) is 0. The molecule has 17 heavy (non-hydrogen) atoms. The fraction of sp³-hybridized carbons (Fsp3) is 0.455. The third-order valence-corrected chi connectivity index (χ3v) is 2.89. The van der Waals surface area contributed by atoms with Crippen molar-refractivity contribution in [1.29, 1.82) is 5.26 Å². The summed E-state index contributed by atoms with van der Waals surface area (Å²) in [4.78, 5) is 13.3. The molecule has 0 unspecified atom stereocenters.